The smallest absolute Gasteiger partial charge is 0.0715 e. The molecule has 0 amide bonds. The second kappa shape index (κ2) is 5.69. The molecular weight excluding hydrogens is 278 g/mol. The predicted molar refractivity (Wildman–Crippen MR) is 97.4 cm³/mol. The van der Waals surface area contributed by atoms with Gasteiger partial charge in [0.15, 0.2) is 0 Å². The van der Waals surface area contributed by atoms with E-state index in [9.17, 15) is 0 Å². The first kappa shape index (κ1) is 13.7. The Kier molecular flexibility index (Phi) is 3.39. The summed E-state index contributed by atoms with van der Waals surface area (Å²) >= 11 is 0. The lowest BCUT2D eigenvalue weighted by Crippen LogP contribution is -1.88. The number of pyridine rings is 1. The second-order valence-electron chi connectivity index (χ2n) is 5.80. The molecule has 1 nitrogen and oxygen atoms in total. The summed E-state index contributed by atoms with van der Waals surface area (Å²) in [6.07, 6.45) is 0. The second-order valence-corrected chi connectivity index (χ2v) is 5.80. The third-order valence-corrected chi connectivity index (χ3v) is 4.13. The van der Waals surface area contributed by atoms with Crippen molar-refractivity contribution in [2.24, 2.45) is 0 Å². The summed E-state index contributed by atoms with van der Waals surface area (Å²) in [7, 11) is 0. The Labute approximate surface area is 136 Å². The molecule has 0 N–H and O–H groups in total. The maximum atomic E-state index is 4.87. The van der Waals surface area contributed by atoms with Crippen LogP contribution in [0.3, 0.4) is 0 Å². The molecule has 0 radical (unpaired) electrons. The van der Waals surface area contributed by atoms with Crippen molar-refractivity contribution in [2.45, 2.75) is 6.92 Å². The van der Waals surface area contributed by atoms with Crippen LogP contribution in [0.4, 0.5) is 0 Å². The first-order valence-corrected chi connectivity index (χ1v) is 7.83. The van der Waals surface area contributed by atoms with Crippen molar-refractivity contribution in [1.29, 1.82) is 0 Å². The van der Waals surface area contributed by atoms with Crippen molar-refractivity contribution in [3.05, 3.63) is 90.5 Å². The molecule has 4 rings (SSSR count). The highest BCUT2D eigenvalue weighted by atomic mass is 14.7. The zero-order chi connectivity index (χ0) is 15.6. The Bertz CT molecular complexity index is 971. The fraction of sp³-hybridized carbons (Fsp3) is 0.0455. The number of rotatable bonds is 2. The molecule has 110 valence electrons. The molecular formula is C22H17N. The van der Waals surface area contributed by atoms with Crippen LogP contribution in [-0.2, 0) is 0 Å². The first-order valence-electron chi connectivity index (χ1n) is 7.83. The van der Waals surface area contributed by atoms with E-state index >= 15 is 0 Å². The van der Waals surface area contributed by atoms with Crippen LogP contribution in [0, 0.1) is 6.92 Å². The Hall–Kier alpha value is -2.93. The monoisotopic (exact) mass is 295 g/mol. The highest BCUT2D eigenvalue weighted by molar-refractivity contribution is 5.95. The van der Waals surface area contributed by atoms with Crippen LogP contribution < -0.4 is 0 Å². The van der Waals surface area contributed by atoms with Gasteiger partial charge in [-0.25, -0.2) is 4.98 Å². The van der Waals surface area contributed by atoms with Crippen molar-refractivity contribution in [1.82, 2.24) is 4.98 Å². The van der Waals surface area contributed by atoms with Crippen molar-refractivity contribution in [3.8, 4) is 22.4 Å². The van der Waals surface area contributed by atoms with Crippen molar-refractivity contribution >= 4 is 10.9 Å². The van der Waals surface area contributed by atoms with Gasteiger partial charge in [0.1, 0.15) is 0 Å². The molecule has 0 fully saturated rings. The molecule has 0 aliphatic rings. The van der Waals surface area contributed by atoms with Crippen LogP contribution in [0.15, 0.2) is 84.9 Å². The van der Waals surface area contributed by atoms with Gasteiger partial charge in [-0.05, 0) is 36.2 Å². The van der Waals surface area contributed by atoms with Gasteiger partial charge in [-0.15, -0.1) is 0 Å². The normalized spacial score (nSPS) is 10.8. The molecule has 0 unspecified atom stereocenters. The number of nitrogens with zero attached hydrogens (tertiary/aromatic N) is 1. The van der Waals surface area contributed by atoms with Crippen molar-refractivity contribution in [2.75, 3.05) is 0 Å². The summed E-state index contributed by atoms with van der Waals surface area (Å²) in [6, 6.07) is 29.6. The van der Waals surface area contributed by atoms with Gasteiger partial charge in [-0.1, -0.05) is 72.3 Å². The lowest BCUT2D eigenvalue weighted by Gasteiger charge is -2.09. The van der Waals surface area contributed by atoms with Gasteiger partial charge in [0, 0.05) is 10.9 Å². The number of fused-ring (bicyclic) bond motifs is 1. The number of hydrogen-bond acceptors (Lipinski definition) is 1. The van der Waals surface area contributed by atoms with Crippen molar-refractivity contribution in [3.63, 3.8) is 0 Å². The predicted octanol–water partition coefficient (Wildman–Crippen LogP) is 5.88. The van der Waals surface area contributed by atoms with Gasteiger partial charge in [0.2, 0.25) is 0 Å². The summed E-state index contributed by atoms with van der Waals surface area (Å²) in [6.45, 7) is 2.11. The standard InChI is InChI=1S/C22H17N/c1-16-7-5-10-18(15-16)21-14-13-20-19(11-6-12-22(20)23-21)17-8-3-2-4-9-17/h2-15H,1H3. The minimum Gasteiger partial charge on any atom is -0.248 e. The van der Waals surface area contributed by atoms with E-state index in [0.717, 1.165) is 16.8 Å². The molecule has 0 atom stereocenters. The topological polar surface area (TPSA) is 12.9 Å². The van der Waals surface area contributed by atoms with Crippen LogP contribution in [0.5, 0.6) is 0 Å². The summed E-state index contributed by atoms with van der Waals surface area (Å²) in [4.78, 5) is 4.87. The maximum absolute atomic E-state index is 4.87. The van der Waals surface area contributed by atoms with E-state index in [-0.39, 0.29) is 0 Å². The fourth-order valence-electron chi connectivity index (χ4n) is 2.99. The van der Waals surface area contributed by atoms with Gasteiger partial charge in [0.25, 0.3) is 0 Å². The van der Waals surface area contributed by atoms with Crippen LogP contribution in [0.25, 0.3) is 33.3 Å². The fourth-order valence-corrected chi connectivity index (χ4v) is 2.99. The van der Waals surface area contributed by atoms with Gasteiger partial charge in [-0.3, -0.25) is 0 Å². The number of hydrogen-bond donors (Lipinski definition) is 0. The van der Waals surface area contributed by atoms with E-state index in [2.05, 4.69) is 85.8 Å². The summed E-state index contributed by atoms with van der Waals surface area (Å²) in [5, 5.41) is 1.19. The van der Waals surface area contributed by atoms with Gasteiger partial charge in [0.05, 0.1) is 11.2 Å². The average Bonchev–Trinajstić information content (AvgIpc) is 2.61. The lowest BCUT2D eigenvalue weighted by atomic mass is 9.99. The molecule has 4 aromatic rings. The van der Waals surface area contributed by atoms with Crippen LogP contribution in [-0.4, -0.2) is 4.98 Å². The zero-order valence-corrected chi connectivity index (χ0v) is 13.0. The third-order valence-electron chi connectivity index (χ3n) is 4.13. The number of aromatic nitrogens is 1. The molecule has 0 aliphatic carbocycles. The molecule has 0 saturated heterocycles. The van der Waals surface area contributed by atoms with Gasteiger partial charge >= 0.3 is 0 Å². The number of benzene rings is 3. The van der Waals surface area contributed by atoms with Gasteiger partial charge < -0.3 is 0 Å². The summed E-state index contributed by atoms with van der Waals surface area (Å²) < 4.78 is 0. The molecule has 1 heteroatoms. The SMILES string of the molecule is Cc1cccc(-c2ccc3c(-c4ccccc4)cccc3n2)c1. The van der Waals surface area contributed by atoms with E-state index in [1.54, 1.807) is 0 Å². The molecule has 1 heterocycles. The zero-order valence-electron chi connectivity index (χ0n) is 13.0. The van der Waals surface area contributed by atoms with E-state index in [4.69, 9.17) is 4.98 Å². The molecule has 23 heavy (non-hydrogen) atoms. The maximum Gasteiger partial charge on any atom is 0.0715 e. The molecule has 0 bridgehead atoms. The van der Waals surface area contributed by atoms with Crippen LogP contribution >= 0.6 is 0 Å². The van der Waals surface area contributed by atoms with E-state index in [1.807, 2.05) is 6.07 Å². The van der Waals surface area contributed by atoms with E-state index in [1.165, 1.54) is 22.1 Å². The van der Waals surface area contributed by atoms with Gasteiger partial charge in [-0.2, -0.15) is 0 Å². The van der Waals surface area contributed by atoms with Crippen molar-refractivity contribution < 1.29 is 0 Å². The quantitative estimate of drug-likeness (QED) is 0.450. The van der Waals surface area contributed by atoms with E-state index < -0.39 is 0 Å². The Morgan fingerprint density at radius 1 is 0.652 bits per heavy atom. The number of aryl methyl sites for hydroxylation is 1. The highest BCUT2D eigenvalue weighted by Crippen LogP contribution is 2.29. The molecule has 1 aromatic heterocycles. The van der Waals surface area contributed by atoms with E-state index in [0.29, 0.717) is 0 Å². The minimum absolute atomic E-state index is 1.02. The molecule has 0 spiro atoms. The Balaban J connectivity index is 1.88. The summed E-state index contributed by atoms with van der Waals surface area (Å²) in [5.41, 5.74) is 6.92. The minimum atomic E-state index is 1.02. The van der Waals surface area contributed by atoms with Crippen LogP contribution in [0.2, 0.25) is 0 Å². The summed E-state index contributed by atoms with van der Waals surface area (Å²) in [5.74, 6) is 0. The Morgan fingerprint density at radius 2 is 1.43 bits per heavy atom. The largest absolute Gasteiger partial charge is 0.248 e. The average molecular weight is 295 g/mol. The third kappa shape index (κ3) is 2.62. The molecule has 0 aliphatic heterocycles. The first-order chi connectivity index (χ1) is 11.3. The molecule has 3 aromatic carbocycles. The molecule has 0 saturated carbocycles. The highest BCUT2D eigenvalue weighted by Gasteiger charge is 2.06. The lowest BCUT2D eigenvalue weighted by molar-refractivity contribution is 1.38. The van der Waals surface area contributed by atoms with Crippen LogP contribution in [0.1, 0.15) is 5.56 Å². The Morgan fingerprint density at radius 3 is 2.26 bits per heavy atom.